The average Bonchev–Trinajstić information content (AvgIpc) is 2.80. The van der Waals surface area contributed by atoms with Crippen LogP contribution >= 0.6 is 0 Å². The first-order valence-electron chi connectivity index (χ1n) is 6.50. The third-order valence-electron chi connectivity index (χ3n) is 4.50. The van der Waals surface area contributed by atoms with Crippen molar-refractivity contribution in [1.29, 1.82) is 0 Å². The highest BCUT2D eigenvalue weighted by Gasteiger charge is 2.55. The molecule has 0 amide bonds. The van der Waals surface area contributed by atoms with Crippen molar-refractivity contribution >= 4 is 0 Å². The summed E-state index contributed by atoms with van der Waals surface area (Å²) in [7, 11) is 0. The normalized spacial score (nSPS) is 32.2. The molecule has 0 aliphatic heterocycles. The highest BCUT2D eigenvalue weighted by Crippen LogP contribution is 2.59. The van der Waals surface area contributed by atoms with Gasteiger partial charge in [-0.05, 0) is 54.7 Å². The van der Waals surface area contributed by atoms with Gasteiger partial charge in [0.05, 0.1) is 0 Å². The number of hydrogen-bond donors (Lipinski definition) is 2. The minimum Gasteiger partial charge on any atom is -0.271 e. The van der Waals surface area contributed by atoms with Crippen molar-refractivity contribution < 1.29 is 4.39 Å². The fraction of sp³-hybridized carbons (Fsp3) is 0.571. The van der Waals surface area contributed by atoms with Crippen LogP contribution in [0.4, 0.5) is 4.39 Å². The van der Waals surface area contributed by atoms with E-state index in [-0.39, 0.29) is 5.82 Å². The van der Waals surface area contributed by atoms with Crippen molar-refractivity contribution in [1.82, 2.24) is 5.43 Å². The summed E-state index contributed by atoms with van der Waals surface area (Å²) in [4.78, 5) is 0. The number of nitrogens with one attached hydrogen (secondary N) is 1. The Hall–Kier alpha value is -0.930. The first-order chi connectivity index (χ1) is 8.29. The van der Waals surface area contributed by atoms with Crippen LogP contribution in [0.2, 0.25) is 0 Å². The number of rotatable bonds is 4. The van der Waals surface area contributed by atoms with E-state index in [0.29, 0.717) is 6.04 Å². The molecule has 17 heavy (non-hydrogen) atoms. The molecule has 1 aromatic rings. The summed E-state index contributed by atoms with van der Waals surface area (Å²) in [5.74, 6) is 7.98. The maximum absolute atomic E-state index is 13.1. The fourth-order valence-electron chi connectivity index (χ4n) is 3.70. The van der Waals surface area contributed by atoms with Gasteiger partial charge in [-0.15, -0.1) is 0 Å². The third-order valence-corrected chi connectivity index (χ3v) is 4.50. The van der Waals surface area contributed by atoms with E-state index in [1.54, 1.807) is 12.1 Å². The molecule has 1 aromatic carbocycles. The molecule has 0 bridgehead atoms. The van der Waals surface area contributed by atoms with Crippen molar-refractivity contribution in [2.24, 2.45) is 23.6 Å². The Morgan fingerprint density at radius 3 is 2.76 bits per heavy atom. The van der Waals surface area contributed by atoms with Crippen molar-refractivity contribution in [3.05, 3.63) is 35.6 Å². The standard InChI is InChI=1S/C14H19FN2/c15-10-4-1-3-9(7-10)8-13(17-16)14-11-5-2-6-12(11)14/h1,3-4,7,11-14,17H,2,5-6,8,16H2. The van der Waals surface area contributed by atoms with Crippen LogP contribution in [0.15, 0.2) is 24.3 Å². The zero-order valence-electron chi connectivity index (χ0n) is 9.90. The van der Waals surface area contributed by atoms with Gasteiger partial charge in [0.1, 0.15) is 5.82 Å². The van der Waals surface area contributed by atoms with Gasteiger partial charge in [0.25, 0.3) is 0 Å². The first-order valence-corrected chi connectivity index (χ1v) is 6.50. The van der Waals surface area contributed by atoms with Crippen LogP contribution in [-0.2, 0) is 6.42 Å². The maximum Gasteiger partial charge on any atom is 0.123 e. The highest BCUT2D eigenvalue weighted by molar-refractivity contribution is 5.19. The van der Waals surface area contributed by atoms with Gasteiger partial charge >= 0.3 is 0 Å². The molecule has 3 heteroatoms. The van der Waals surface area contributed by atoms with E-state index >= 15 is 0 Å². The molecule has 3 rings (SSSR count). The third kappa shape index (κ3) is 2.09. The summed E-state index contributed by atoms with van der Waals surface area (Å²) >= 11 is 0. The SMILES string of the molecule is NNC(Cc1cccc(F)c1)C1C2CCCC21. The second-order valence-electron chi connectivity index (χ2n) is 5.44. The Morgan fingerprint density at radius 1 is 1.35 bits per heavy atom. The van der Waals surface area contributed by atoms with E-state index in [0.717, 1.165) is 29.7 Å². The van der Waals surface area contributed by atoms with E-state index < -0.39 is 0 Å². The summed E-state index contributed by atoms with van der Waals surface area (Å²) in [5.41, 5.74) is 3.98. The molecule has 2 aliphatic carbocycles. The van der Waals surface area contributed by atoms with Crippen LogP contribution in [-0.4, -0.2) is 6.04 Å². The molecule has 3 N–H and O–H groups in total. The molecule has 0 spiro atoms. The second-order valence-corrected chi connectivity index (χ2v) is 5.44. The van der Waals surface area contributed by atoms with Crippen molar-refractivity contribution in [3.8, 4) is 0 Å². The number of fused-ring (bicyclic) bond motifs is 1. The van der Waals surface area contributed by atoms with Crippen LogP contribution in [0, 0.1) is 23.6 Å². The molecular weight excluding hydrogens is 215 g/mol. The van der Waals surface area contributed by atoms with Gasteiger partial charge in [-0.3, -0.25) is 11.3 Å². The molecular formula is C14H19FN2. The Kier molecular flexibility index (Phi) is 2.89. The molecule has 2 nitrogen and oxygen atoms in total. The average molecular weight is 234 g/mol. The van der Waals surface area contributed by atoms with Gasteiger partial charge < -0.3 is 0 Å². The predicted octanol–water partition coefficient (Wildman–Crippen LogP) is 2.25. The van der Waals surface area contributed by atoms with Gasteiger partial charge in [0.15, 0.2) is 0 Å². The highest BCUT2D eigenvalue weighted by atomic mass is 19.1. The van der Waals surface area contributed by atoms with Crippen LogP contribution in [0.25, 0.3) is 0 Å². The van der Waals surface area contributed by atoms with E-state index in [4.69, 9.17) is 5.84 Å². The molecule has 2 saturated carbocycles. The van der Waals surface area contributed by atoms with E-state index in [1.165, 1.54) is 25.3 Å². The lowest BCUT2D eigenvalue weighted by atomic mass is 9.98. The van der Waals surface area contributed by atoms with Crippen LogP contribution < -0.4 is 11.3 Å². The predicted molar refractivity (Wildman–Crippen MR) is 65.5 cm³/mol. The van der Waals surface area contributed by atoms with E-state index in [9.17, 15) is 4.39 Å². The largest absolute Gasteiger partial charge is 0.271 e. The lowest BCUT2D eigenvalue weighted by Gasteiger charge is -2.18. The molecule has 0 heterocycles. The van der Waals surface area contributed by atoms with Crippen molar-refractivity contribution in [2.75, 3.05) is 0 Å². The summed E-state index contributed by atoms with van der Waals surface area (Å²) in [6.45, 7) is 0. The topological polar surface area (TPSA) is 38.0 Å². The van der Waals surface area contributed by atoms with Gasteiger partial charge in [-0.2, -0.15) is 0 Å². The van der Waals surface area contributed by atoms with Crippen LogP contribution in [0.1, 0.15) is 24.8 Å². The Balaban J connectivity index is 1.66. The summed E-state index contributed by atoms with van der Waals surface area (Å²) in [5, 5.41) is 0. The van der Waals surface area contributed by atoms with Crippen LogP contribution in [0.3, 0.4) is 0 Å². The molecule has 2 fully saturated rings. The minimum absolute atomic E-state index is 0.158. The molecule has 0 saturated heterocycles. The molecule has 0 radical (unpaired) electrons. The zero-order chi connectivity index (χ0) is 11.8. The Morgan fingerprint density at radius 2 is 2.12 bits per heavy atom. The van der Waals surface area contributed by atoms with Gasteiger partial charge in [-0.25, -0.2) is 4.39 Å². The fourth-order valence-corrected chi connectivity index (χ4v) is 3.70. The van der Waals surface area contributed by atoms with Gasteiger partial charge in [0, 0.05) is 6.04 Å². The number of hydrazine groups is 1. The number of benzene rings is 1. The number of hydrogen-bond acceptors (Lipinski definition) is 2. The smallest absolute Gasteiger partial charge is 0.123 e. The monoisotopic (exact) mass is 234 g/mol. The Labute approximate surface area is 101 Å². The van der Waals surface area contributed by atoms with E-state index in [2.05, 4.69) is 5.43 Å². The van der Waals surface area contributed by atoms with Gasteiger partial charge in [0.2, 0.25) is 0 Å². The summed E-state index contributed by atoms with van der Waals surface area (Å²) < 4.78 is 13.1. The number of halogens is 1. The summed E-state index contributed by atoms with van der Waals surface area (Å²) in [6, 6.07) is 7.16. The van der Waals surface area contributed by atoms with Crippen molar-refractivity contribution in [3.63, 3.8) is 0 Å². The molecule has 92 valence electrons. The lowest BCUT2D eigenvalue weighted by molar-refractivity contribution is 0.409. The molecule has 3 atom stereocenters. The van der Waals surface area contributed by atoms with E-state index in [1.807, 2.05) is 6.07 Å². The summed E-state index contributed by atoms with van der Waals surface area (Å²) in [6.07, 6.45) is 4.93. The van der Waals surface area contributed by atoms with Crippen LogP contribution in [0.5, 0.6) is 0 Å². The lowest BCUT2D eigenvalue weighted by Crippen LogP contribution is -2.39. The Bertz CT molecular complexity index is 397. The zero-order valence-corrected chi connectivity index (χ0v) is 9.90. The first kappa shape index (κ1) is 11.2. The van der Waals surface area contributed by atoms with Crippen molar-refractivity contribution in [2.45, 2.75) is 31.7 Å². The minimum atomic E-state index is -0.158. The van der Waals surface area contributed by atoms with Gasteiger partial charge in [-0.1, -0.05) is 18.6 Å². The number of nitrogens with two attached hydrogens (primary N) is 1. The second kappa shape index (κ2) is 4.39. The quantitative estimate of drug-likeness (QED) is 0.619. The molecule has 2 aliphatic rings. The maximum atomic E-state index is 13.1. The molecule has 0 aromatic heterocycles. The molecule has 3 unspecified atom stereocenters.